The van der Waals surface area contributed by atoms with Crippen molar-refractivity contribution in [1.82, 2.24) is 10.2 Å². The zero-order chi connectivity index (χ0) is 15.0. The minimum absolute atomic E-state index is 0.431. The first-order valence-electron chi connectivity index (χ1n) is 8.11. The van der Waals surface area contributed by atoms with Gasteiger partial charge in [-0.15, -0.1) is 0 Å². The molecule has 2 heteroatoms. The second-order valence-electron chi connectivity index (χ2n) is 5.94. The largest absolute Gasteiger partial charge is 0.309 e. The molecule has 20 heavy (non-hydrogen) atoms. The van der Waals surface area contributed by atoms with Gasteiger partial charge in [-0.25, -0.2) is 0 Å². The first-order valence-corrected chi connectivity index (χ1v) is 8.11. The zero-order valence-electron chi connectivity index (χ0n) is 13.9. The lowest BCUT2D eigenvalue weighted by Crippen LogP contribution is -2.35. The Bertz CT molecular complexity index is 358. The molecule has 0 spiro atoms. The van der Waals surface area contributed by atoms with Crippen LogP contribution in [-0.2, 0) is 6.42 Å². The molecule has 1 rings (SSSR count). The Morgan fingerprint density at radius 2 is 1.70 bits per heavy atom. The van der Waals surface area contributed by atoms with Gasteiger partial charge in [0.05, 0.1) is 0 Å². The van der Waals surface area contributed by atoms with Crippen molar-refractivity contribution < 1.29 is 0 Å². The molecule has 0 heterocycles. The van der Waals surface area contributed by atoms with E-state index < -0.39 is 0 Å². The maximum Gasteiger partial charge on any atom is 0.0449 e. The van der Waals surface area contributed by atoms with Crippen LogP contribution in [-0.4, -0.2) is 31.6 Å². The molecular weight excluding hydrogens is 244 g/mol. The van der Waals surface area contributed by atoms with E-state index in [4.69, 9.17) is 0 Å². The van der Waals surface area contributed by atoms with Crippen LogP contribution in [0.15, 0.2) is 24.3 Å². The van der Waals surface area contributed by atoms with E-state index in [-0.39, 0.29) is 0 Å². The predicted molar refractivity (Wildman–Crippen MR) is 89.2 cm³/mol. The third kappa shape index (κ3) is 5.64. The van der Waals surface area contributed by atoms with Crippen molar-refractivity contribution >= 4 is 0 Å². The Balaban J connectivity index is 2.67. The number of rotatable bonds is 9. The Hall–Kier alpha value is -0.860. The van der Waals surface area contributed by atoms with Crippen molar-refractivity contribution in [1.29, 1.82) is 0 Å². The SMILES string of the molecule is CCNC(CN(C)CC(C)CC)c1ccc(CC)cc1. The highest BCUT2D eigenvalue weighted by Crippen LogP contribution is 2.16. The molecular formula is C18H32N2. The molecule has 2 unspecified atom stereocenters. The van der Waals surface area contributed by atoms with Gasteiger partial charge in [0.15, 0.2) is 0 Å². The van der Waals surface area contributed by atoms with Crippen LogP contribution in [0.3, 0.4) is 0 Å². The summed E-state index contributed by atoms with van der Waals surface area (Å²) in [6.07, 6.45) is 2.36. The normalized spacial score (nSPS) is 14.5. The van der Waals surface area contributed by atoms with Gasteiger partial charge >= 0.3 is 0 Å². The van der Waals surface area contributed by atoms with Gasteiger partial charge in [-0.2, -0.15) is 0 Å². The van der Waals surface area contributed by atoms with Crippen molar-refractivity contribution in [2.24, 2.45) is 5.92 Å². The fourth-order valence-corrected chi connectivity index (χ4v) is 2.57. The predicted octanol–water partition coefficient (Wildman–Crippen LogP) is 3.88. The first kappa shape index (κ1) is 17.2. The van der Waals surface area contributed by atoms with Crippen LogP contribution in [0.4, 0.5) is 0 Å². The fourth-order valence-electron chi connectivity index (χ4n) is 2.57. The van der Waals surface area contributed by atoms with Gasteiger partial charge in [0, 0.05) is 19.1 Å². The molecule has 0 saturated heterocycles. The van der Waals surface area contributed by atoms with Gasteiger partial charge in [-0.1, -0.05) is 58.4 Å². The number of hydrogen-bond acceptors (Lipinski definition) is 2. The third-order valence-corrected chi connectivity index (χ3v) is 4.06. The van der Waals surface area contributed by atoms with Crippen molar-refractivity contribution in [3.8, 4) is 0 Å². The van der Waals surface area contributed by atoms with E-state index in [1.807, 2.05) is 0 Å². The lowest BCUT2D eigenvalue weighted by molar-refractivity contribution is 0.253. The molecule has 0 aromatic heterocycles. The van der Waals surface area contributed by atoms with E-state index in [9.17, 15) is 0 Å². The monoisotopic (exact) mass is 276 g/mol. The molecule has 0 amide bonds. The van der Waals surface area contributed by atoms with E-state index in [1.54, 1.807) is 0 Å². The quantitative estimate of drug-likeness (QED) is 0.736. The first-order chi connectivity index (χ1) is 9.60. The second-order valence-corrected chi connectivity index (χ2v) is 5.94. The molecule has 0 saturated carbocycles. The highest BCUT2D eigenvalue weighted by molar-refractivity contribution is 5.25. The smallest absolute Gasteiger partial charge is 0.0449 e. The molecule has 0 aliphatic heterocycles. The van der Waals surface area contributed by atoms with Gasteiger partial charge in [-0.05, 0) is 37.1 Å². The summed E-state index contributed by atoms with van der Waals surface area (Å²) in [7, 11) is 2.23. The Kier molecular flexibility index (Phi) is 7.86. The van der Waals surface area contributed by atoms with Crippen LogP contribution in [0, 0.1) is 5.92 Å². The summed E-state index contributed by atoms with van der Waals surface area (Å²) in [5.74, 6) is 0.768. The Labute approximate surface area is 125 Å². The molecule has 114 valence electrons. The summed E-state index contributed by atoms with van der Waals surface area (Å²) in [6, 6.07) is 9.51. The van der Waals surface area contributed by atoms with E-state index in [0.717, 1.165) is 25.4 Å². The van der Waals surface area contributed by atoms with Crippen molar-refractivity contribution in [3.05, 3.63) is 35.4 Å². The maximum absolute atomic E-state index is 3.62. The van der Waals surface area contributed by atoms with Crippen LogP contribution >= 0.6 is 0 Å². The van der Waals surface area contributed by atoms with Crippen molar-refractivity contribution in [3.63, 3.8) is 0 Å². The topological polar surface area (TPSA) is 15.3 Å². The molecule has 1 aromatic carbocycles. The van der Waals surface area contributed by atoms with Gasteiger partial charge in [0.2, 0.25) is 0 Å². The summed E-state index contributed by atoms with van der Waals surface area (Å²) in [5.41, 5.74) is 2.82. The molecule has 0 aliphatic carbocycles. The molecule has 0 radical (unpaired) electrons. The number of aryl methyl sites for hydroxylation is 1. The summed E-state index contributed by atoms with van der Waals surface area (Å²) in [5, 5.41) is 3.62. The van der Waals surface area contributed by atoms with Crippen molar-refractivity contribution in [2.75, 3.05) is 26.7 Å². The minimum Gasteiger partial charge on any atom is -0.309 e. The van der Waals surface area contributed by atoms with Gasteiger partial charge < -0.3 is 10.2 Å². The van der Waals surface area contributed by atoms with Crippen LogP contribution < -0.4 is 5.32 Å². The van der Waals surface area contributed by atoms with E-state index in [1.165, 1.54) is 24.1 Å². The highest BCUT2D eigenvalue weighted by Gasteiger charge is 2.14. The van der Waals surface area contributed by atoms with Crippen LogP contribution in [0.25, 0.3) is 0 Å². The standard InChI is InChI=1S/C18H32N2/c1-6-15(4)13-20(5)14-18(19-8-3)17-11-9-16(7-2)10-12-17/h9-12,15,18-19H,6-8,13-14H2,1-5H3. The molecule has 1 N–H and O–H groups in total. The number of hydrogen-bond donors (Lipinski definition) is 1. The third-order valence-electron chi connectivity index (χ3n) is 4.06. The number of nitrogens with one attached hydrogen (secondary N) is 1. The highest BCUT2D eigenvalue weighted by atomic mass is 15.1. The lowest BCUT2D eigenvalue weighted by Gasteiger charge is -2.27. The maximum atomic E-state index is 3.62. The molecule has 1 aromatic rings. The minimum atomic E-state index is 0.431. The average molecular weight is 276 g/mol. The van der Waals surface area contributed by atoms with Crippen LogP contribution in [0.5, 0.6) is 0 Å². The van der Waals surface area contributed by atoms with Crippen molar-refractivity contribution in [2.45, 2.75) is 46.6 Å². The van der Waals surface area contributed by atoms with E-state index >= 15 is 0 Å². The summed E-state index contributed by atoms with van der Waals surface area (Å²) in [4.78, 5) is 2.45. The van der Waals surface area contributed by atoms with E-state index in [0.29, 0.717) is 6.04 Å². The molecule has 0 aliphatic rings. The van der Waals surface area contributed by atoms with Gasteiger partial charge in [0.1, 0.15) is 0 Å². The van der Waals surface area contributed by atoms with Gasteiger partial charge in [-0.3, -0.25) is 0 Å². The van der Waals surface area contributed by atoms with Gasteiger partial charge in [0.25, 0.3) is 0 Å². The van der Waals surface area contributed by atoms with E-state index in [2.05, 4.69) is 69.2 Å². The molecule has 2 atom stereocenters. The second kappa shape index (κ2) is 9.15. The number of nitrogens with zero attached hydrogens (tertiary/aromatic N) is 1. The van der Waals surface area contributed by atoms with Crippen LogP contribution in [0.2, 0.25) is 0 Å². The summed E-state index contributed by atoms with van der Waals surface area (Å²) in [6.45, 7) is 12.2. The number of likely N-dealkylation sites (N-methyl/N-ethyl adjacent to an activating group) is 2. The summed E-state index contributed by atoms with van der Waals surface area (Å²) >= 11 is 0. The Morgan fingerprint density at radius 3 is 2.20 bits per heavy atom. The lowest BCUT2D eigenvalue weighted by atomic mass is 10.0. The Morgan fingerprint density at radius 1 is 1.05 bits per heavy atom. The molecule has 2 nitrogen and oxygen atoms in total. The summed E-state index contributed by atoms with van der Waals surface area (Å²) < 4.78 is 0. The number of benzene rings is 1. The molecule has 0 bridgehead atoms. The average Bonchev–Trinajstić information content (AvgIpc) is 2.46. The van der Waals surface area contributed by atoms with Crippen LogP contribution in [0.1, 0.15) is 51.3 Å². The fraction of sp³-hybridized carbons (Fsp3) is 0.667. The molecule has 0 fully saturated rings. The zero-order valence-corrected chi connectivity index (χ0v) is 13.9.